The van der Waals surface area contributed by atoms with Crippen LogP contribution >= 0.6 is 0 Å². The molecule has 1 aromatic carbocycles. The quantitative estimate of drug-likeness (QED) is 0.657. The highest BCUT2D eigenvalue weighted by atomic mass is 19.1. The number of benzene rings is 1. The molecule has 1 fully saturated rings. The van der Waals surface area contributed by atoms with Crippen LogP contribution in [-0.4, -0.2) is 37.1 Å². The van der Waals surface area contributed by atoms with Crippen LogP contribution in [0.3, 0.4) is 0 Å². The number of amides is 1. The lowest BCUT2D eigenvalue weighted by atomic mass is 9.77. The van der Waals surface area contributed by atoms with Crippen LogP contribution in [0, 0.1) is 5.82 Å². The fourth-order valence-corrected chi connectivity index (χ4v) is 2.37. The Hall–Kier alpha value is -1.99. The van der Waals surface area contributed by atoms with Crippen molar-refractivity contribution >= 4 is 25.4 Å². The van der Waals surface area contributed by atoms with E-state index in [0.717, 1.165) is 0 Å². The third-order valence-corrected chi connectivity index (χ3v) is 4.60. The van der Waals surface area contributed by atoms with Gasteiger partial charge in [-0.3, -0.25) is 9.59 Å². The minimum absolute atomic E-state index is 0.00352. The van der Waals surface area contributed by atoms with Gasteiger partial charge < -0.3 is 14.6 Å². The maximum atomic E-state index is 13.8. The van der Waals surface area contributed by atoms with Crippen molar-refractivity contribution in [1.82, 2.24) is 5.32 Å². The highest BCUT2D eigenvalue weighted by molar-refractivity contribution is 6.56. The first-order valence-electron chi connectivity index (χ1n) is 8.11. The second kappa shape index (κ2) is 7.10. The van der Waals surface area contributed by atoms with Gasteiger partial charge in [-0.1, -0.05) is 12.1 Å². The third kappa shape index (κ3) is 4.35. The van der Waals surface area contributed by atoms with Crippen molar-refractivity contribution in [2.24, 2.45) is 0 Å². The summed E-state index contributed by atoms with van der Waals surface area (Å²) >= 11 is 0. The first-order chi connectivity index (χ1) is 11.6. The fourth-order valence-electron chi connectivity index (χ4n) is 2.37. The van der Waals surface area contributed by atoms with Gasteiger partial charge in [0.05, 0.1) is 16.8 Å². The van der Waals surface area contributed by atoms with Crippen molar-refractivity contribution in [1.29, 1.82) is 0 Å². The van der Waals surface area contributed by atoms with Gasteiger partial charge in [0.15, 0.2) is 6.29 Å². The highest BCUT2D eigenvalue weighted by Gasteiger charge is 2.52. The van der Waals surface area contributed by atoms with E-state index in [0.29, 0.717) is 17.3 Å². The fraction of sp³-hybridized carbons (Fsp3) is 0.444. The summed E-state index contributed by atoms with van der Waals surface area (Å²) in [6, 6.07) is 4.31. The van der Waals surface area contributed by atoms with Crippen molar-refractivity contribution in [3.05, 3.63) is 40.6 Å². The molecule has 134 valence electrons. The van der Waals surface area contributed by atoms with Gasteiger partial charge in [0.1, 0.15) is 5.82 Å². The molecule has 0 bridgehead atoms. The Morgan fingerprint density at radius 2 is 1.84 bits per heavy atom. The predicted molar refractivity (Wildman–Crippen MR) is 94.5 cm³/mol. The molecule has 0 atom stereocenters. The van der Waals surface area contributed by atoms with E-state index in [9.17, 15) is 14.0 Å². The van der Waals surface area contributed by atoms with E-state index in [1.54, 1.807) is 12.1 Å². The zero-order valence-corrected chi connectivity index (χ0v) is 15.2. The van der Waals surface area contributed by atoms with Gasteiger partial charge in [0.2, 0.25) is 5.91 Å². The molecule has 0 aromatic heterocycles. The van der Waals surface area contributed by atoms with Gasteiger partial charge in [-0.2, -0.15) is 0 Å². The lowest BCUT2D eigenvalue weighted by molar-refractivity contribution is -0.118. The minimum Gasteiger partial charge on any atom is -0.400 e. The molecule has 1 aliphatic rings. The lowest BCUT2D eigenvalue weighted by Crippen LogP contribution is -2.41. The molecule has 0 aliphatic carbocycles. The molecule has 0 saturated carbocycles. The average Bonchev–Trinajstić information content (AvgIpc) is 2.71. The van der Waals surface area contributed by atoms with Crippen molar-refractivity contribution in [2.45, 2.75) is 45.8 Å². The molecule has 0 radical (unpaired) electrons. The summed E-state index contributed by atoms with van der Waals surface area (Å²) in [6.45, 7) is 9.36. The molecule has 7 heteroatoms. The molecule has 25 heavy (non-hydrogen) atoms. The van der Waals surface area contributed by atoms with Crippen LogP contribution in [0.4, 0.5) is 4.39 Å². The van der Waals surface area contributed by atoms with E-state index >= 15 is 0 Å². The Bertz CT molecular complexity index is 699. The van der Waals surface area contributed by atoms with Crippen molar-refractivity contribution in [3.63, 3.8) is 0 Å². The maximum Gasteiger partial charge on any atom is 0.492 e. The molecule has 0 spiro atoms. The van der Waals surface area contributed by atoms with Crippen LogP contribution in [0.2, 0.25) is 0 Å². The molecule has 1 N–H and O–H groups in total. The van der Waals surface area contributed by atoms with E-state index in [1.807, 2.05) is 27.7 Å². The number of hydrogen-bond acceptors (Lipinski definition) is 4. The summed E-state index contributed by atoms with van der Waals surface area (Å²) in [5, 5.41) is 2.72. The second-order valence-electron chi connectivity index (χ2n) is 7.12. The van der Waals surface area contributed by atoms with Crippen LogP contribution in [0.25, 0.3) is 6.08 Å². The Morgan fingerprint density at radius 1 is 1.24 bits per heavy atom. The molecule has 1 amide bonds. The molecule has 1 aliphatic heterocycles. The summed E-state index contributed by atoms with van der Waals surface area (Å²) < 4.78 is 25.9. The summed E-state index contributed by atoms with van der Waals surface area (Å²) in [4.78, 5) is 22.0. The number of nitrogens with one attached hydrogen (secondary N) is 1. The average molecular weight is 347 g/mol. The van der Waals surface area contributed by atoms with Gasteiger partial charge >= 0.3 is 7.12 Å². The van der Waals surface area contributed by atoms with Gasteiger partial charge in [0.25, 0.3) is 0 Å². The SMILES string of the molecule is CC(=O)NCC(=Cc1ccc(C=O)c(F)c1)B1OC(C)(C)C(C)(C)O1. The van der Waals surface area contributed by atoms with Crippen molar-refractivity contribution in [2.75, 3.05) is 6.54 Å². The van der Waals surface area contributed by atoms with Crippen LogP contribution in [-0.2, 0) is 14.1 Å². The second-order valence-corrected chi connectivity index (χ2v) is 7.12. The predicted octanol–water partition coefficient (Wildman–Crippen LogP) is 2.79. The van der Waals surface area contributed by atoms with Gasteiger partial charge in [-0.05, 0) is 50.9 Å². The summed E-state index contributed by atoms with van der Waals surface area (Å²) in [5.41, 5.74) is 0.153. The van der Waals surface area contributed by atoms with Crippen LogP contribution in [0.5, 0.6) is 0 Å². The Kier molecular flexibility index (Phi) is 5.49. The summed E-state index contributed by atoms with van der Waals surface area (Å²) in [5.74, 6) is -0.790. The Balaban J connectivity index is 2.34. The molecule has 1 aromatic rings. The molecular formula is C18H23BFNO4. The monoisotopic (exact) mass is 347 g/mol. The standard InChI is InChI=1S/C18H23BFNO4/c1-12(23)21-10-15(19-24-17(2,3)18(4,5)25-19)8-13-6-7-14(11-22)16(20)9-13/h6-9,11H,10H2,1-5H3,(H,21,23). The van der Waals surface area contributed by atoms with E-state index < -0.39 is 24.1 Å². The minimum atomic E-state index is -0.661. The number of carbonyl (C=O) groups excluding carboxylic acids is 2. The van der Waals surface area contributed by atoms with E-state index in [1.165, 1.54) is 19.1 Å². The largest absolute Gasteiger partial charge is 0.492 e. The first-order valence-corrected chi connectivity index (χ1v) is 8.11. The number of hydrogen-bond donors (Lipinski definition) is 1. The zero-order valence-electron chi connectivity index (χ0n) is 15.2. The van der Waals surface area contributed by atoms with Crippen molar-refractivity contribution < 1.29 is 23.3 Å². The number of rotatable bonds is 5. The molecule has 5 nitrogen and oxygen atoms in total. The molecule has 1 heterocycles. The van der Waals surface area contributed by atoms with Gasteiger partial charge in [-0.15, -0.1) is 0 Å². The summed E-state index contributed by atoms with van der Waals surface area (Å²) in [7, 11) is -0.661. The highest BCUT2D eigenvalue weighted by Crippen LogP contribution is 2.38. The van der Waals surface area contributed by atoms with Crippen LogP contribution in [0.15, 0.2) is 23.7 Å². The van der Waals surface area contributed by atoms with Crippen molar-refractivity contribution in [3.8, 4) is 0 Å². The third-order valence-electron chi connectivity index (χ3n) is 4.60. The number of carbonyl (C=O) groups is 2. The Morgan fingerprint density at radius 3 is 2.32 bits per heavy atom. The van der Waals surface area contributed by atoms with Gasteiger partial charge in [0, 0.05) is 13.5 Å². The van der Waals surface area contributed by atoms with Crippen LogP contribution < -0.4 is 5.32 Å². The normalized spacial score (nSPS) is 19.0. The van der Waals surface area contributed by atoms with E-state index in [-0.39, 0.29) is 18.0 Å². The Labute approximate surface area is 147 Å². The molecule has 2 rings (SSSR count). The molecule has 1 saturated heterocycles. The number of halogens is 1. The summed E-state index contributed by atoms with van der Waals surface area (Å²) in [6.07, 6.45) is 2.17. The van der Waals surface area contributed by atoms with E-state index in [4.69, 9.17) is 9.31 Å². The number of aldehydes is 1. The van der Waals surface area contributed by atoms with E-state index in [2.05, 4.69) is 5.32 Å². The smallest absolute Gasteiger partial charge is 0.400 e. The maximum absolute atomic E-state index is 13.8. The van der Waals surface area contributed by atoms with Gasteiger partial charge in [-0.25, -0.2) is 4.39 Å². The topological polar surface area (TPSA) is 64.6 Å². The first kappa shape index (κ1) is 19.3. The molecular weight excluding hydrogens is 324 g/mol. The molecule has 0 unspecified atom stereocenters. The van der Waals surface area contributed by atoms with Crippen LogP contribution in [0.1, 0.15) is 50.5 Å². The lowest BCUT2D eigenvalue weighted by Gasteiger charge is -2.32. The zero-order chi connectivity index (χ0) is 18.8.